The van der Waals surface area contributed by atoms with Crippen LogP contribution in [0.5, 0.6) is 11.5 Å². The lowest BCUT2D eigenvalue weighted by atomic mass is 10.0. The number of fused-ring (bicyclic) bond motifs is 1. The zero-order chi connectivity index (χ0) is 24.7. The van der Waals surface area contributed by atoms with Crippen molar-refractivity contribution in [2.75, 3.05) is 19.8 Å². The van der Waals surface area contributed by atoms with E-state index in [1.807, 2.05) is 35.9 Å². The fourth-order valence-electron chi connectivity index (χ4n) is 3.81. The standard InChI is InChI=1S/C25H29F3N3O3/c1-3-10-31-11-8-19-14-18(15-20(23(19)31)24(29)32)13-17(2)30-9-12-33-21-6-4-5-7-22(21)34-16-25(26,27)28/h4-8,11,14-15,17,30H,1,3,9-10,12-13,16H2,2H3,(H2,29,32)/t17-/m1/s1. The molecule has 9 heteroatoms. The van der Waals surface area contributed by atoms with Crippen molar-refractivity contribution in [3.05, 3.63) is 66.7 Å². The van der Waals surface area contributed by atoms with Crippen molar-refractivity contribution in [2.24, 2.45) is 5.73 Å². The molecule has 0 aliphatic heterocycles. The van der Waals surface area contributed by atoms with Crippen LogP contribution in [0.4, 0.5) is 13.2 Å². The average Bonchev–Trinajstić information content (AvgIpc) is 3.17. The highest BCUT2D eigenvalue weighted by Crippen LogP contribution is 2.28. The van der Waals surface area contributed by atoms with Gasteiger partial charge in [0.15, 0.2) is 18.1 Å². The number of carbonyl (C=O) groups is 1. The number of nitrogens with two attached hydrogens (primary N) is 1. The molecule has 0 fully saturated rings. The molecule has 183 valence electrons. The molecule has 6 nitrogen and oxygen atoms in total. The molecule has 0 bridgehead atoms. The Morgan fingerprint density at radius 1 is 1.18 bits per heavy atom. The molecule has 0 saturated carbocycles. The van der Waals surface area contributed by atoms with Crippen molar-refractivity contribution in [1.82, 2.24) is 9.88 Å². The van der Waals surface area contributed by atoms with Crippen LogP contribution in [0.1, 0.15) is 29.3 Å². The highest BCUT2D eigenvalue weighted by atomic mass is 19.4. The molecule has 3 aromatic rings. The number of para-hydroxylation sites is 2. The average molecular weight is 477 g/mol. The molecule has 0 aliphatic carbocycles. The van der Waals surface area contributed by atoms with Crippen LogP contribution in [0.15, 0.2) is 48.7 Å². The maximum atomic E-state index is 12.4. The quantitative estimate of drug-likeness (QED) is 0.377. The van der Waals surface area contributed by atoms with Gasteiger partial charge in [-0.2, -0.15) is 13.2 Å². The zero-order valence-electron chi connectivity index (χ0n) is 19.0. The Bertz CT molecular complexity index is 1110. The zero-order valence-corrected chi connectivity index (χ0v) is 19.0. The predicted molar refractivity (Wildman–Crippen MR) is 125 cm³/mol. The summed E-state index contributed by atoms with van der Waals surface area (Å²) >= 11 is 0. The summed E-state index contributed by atoms with van der Waals surface area (Å²) in [5.41, 5.74) is 7.92. The van der Waals surface area contributed by atoms with Gasteiger partial charge >= 0.3 is 6.18 Å². The lowest BCUT2D eigenvalue weighted by Gasteiger charge is -2.17. The first-order valence-corrected chi connectivity index (χ1v) is 11.0. The van der Waals surface area contributed by atoms with Gasteiger partial charge in [0.05, 0.1) is 11.1 Å². The van der Waals surface area contributed by atoms with Gasteiger partial charge in [-0.3, -0.25) is 4.79 Å². The van der Waals surface area contributed by atoms with Gasteiger partial charge in [-0.15, -0.1) is 0 Å². The first-order chi connectivity index (χ1) is 16.2. The summed E-state index contributed by atoms with van der Waals surface area (Å²) in [6, 6.07) is 12.2. The molecule has 1 atom stereocenters. The monoisotopic (exact) mass is 476 g/mol. The second-order valence-electron chi connectivity index (χ2n) is 8.07. The van der Waals surface area contributed by atoms with Gasteiger partial charge in [-0.25, -0.2) is 0 Å². The molecule has 0 saturated heterocycles. The van der Waals surface area contributed by atoms with E-state index in [0.717, 1.165) is 16.5 Å². The number of carbonyl (C=O) groups excluding carboxylic acids is 1. The van der Waals surface area contributed by atoms with Crippen molar-refractivity contribution >= 4 is 16.8 Å². The van der Waals surface area contributed by atoms with E-state index in [2.05, 4.69) is 12.2 Å². The highest BCUT2D eigenvalue weighted by Gasteiger charge is 2.29. The Labute approximate surface area is 196 Å². The Morgan fingerprint density at radius 3 is 2.53 bits per heavy atom. The van der Waals surface area contributed by atoms with Crippen LogP contribution in [0, 0.1) is 6.92 Å². The number of halogens is 3. The number of benzene rings is 2. The maximum Gasteiger partial charge on any atom is 0.422 e. The minimum atomic E-state index is -4.42. The van der Waals surface area contributed by atoms with Crippen LogP contribution >= 0.6 is 0 Å². The molecular formula is C25H29F3N3O3. The minimum absolute atomic E-state index is 0.0472. The molecule has 1 amide bonds. The van der Waals surface area contributed by atoms with Crippen LogP contribution < -0.4 is 20.5 Å². The summed E-state index contributed by atoms with van der Waals surface area (Å²) in [5, 5.41) is 4.27. The van der Waals surface area contributed by atoms with Crippen molar-refractivity contribution in [3.63, 3.8) is 0 Å². The number of aromatic nitrogens is 1. The Morgan fingerprint density at radius 2 is 1.88 bits per heavy atom. The van der Waals surface area contributed by atoms with E-state index in [1.165, 1.54) is 6.07 Å². The SMILES string of the molecule is [CH2]CCn1ccc2cc(C[C@@H](C)NCCOc3ccccc3OCC(F)(F)F)cc(C(N)=O)c21. The van der Waals surface area contributed by atoms with Crippen molar-refractivity contribution in [3.8, 4) is 11.5 Å². The van der Waals surface area contributed by atoms with Crippen LogP contribution in [0.25, 0.3) is 10.9 Å². The molecule has 1 aromatic heterocycles. The third kappa shape index (κ3) is 6.90. The molecule has 3 rings (SSSR count). The van der Waals surface area contributed by atoms with Crippen LogP contribution in [-0.4, -0.2) is 42.5 Å². The van der Waals surface area contributed by atoms with Crippen LogP contribution in [0.3, 0.4) is 0 Å². The summed E-state index contributed by atoms with van der Waals surface area (Å²) in [5.74, 6) is -0.174. The molecular weight excluding hydrogens is 447 g/mol. The number of amides is 1. The smallest absolute Gasteiger partial charge is 0.422 e. The lowest BCUT2D eigenvalue weighted by molar-refractivity contribution is -0.153. The molecule has 1 heterocycles. The van der Waals surface area contributed by atoms with E-state index in [9.17, 15) is 18.0 Å². The van der Waals surface area contributed by atoms with Crippen LogP contribution in [-0.2, 0) is 13.0 Å². The van der Waals surface area contributed by atoms with E-state index in [1.54, 1.807) is 18.2 Å². The number of hydrogen-bond donors (Lipinski definition) is 2. The summed E-state index contributed by atoms with van der Waals surface area (Å²) in [4.78, 5) is 12.1. The van der Waals surface area contributed by atoms with E-state index >= 15 is 0 Å². The Balaban J connectivity index is 1.56. The molecule has 1 radical (unpaired) electrons. The number of rotatable bonds is 12. The van der Waals surface area contributed by atoms with Gasteiger partial charge in [-0.05, 0) is 55.7 Å². The topological polar surface area (TPSA) is 78.5 Å². The second-order valence-corrected chi connectivity index (χ2v) is 8.07. The minimum Gasteiger partial charge on any atom is -0.488 e. The van der Waals surface area contributed by atoms with Gasteiger partial charge in [0, 0.05) is 30.7 Å². The van der Waals surface area contributed by atoms with Gasteiger partial charge in [0.1, 0.15) is 6.61 Å². The molecule has 0 spiro atoms. The largest absolute Gasteiger partial charge is 0.488 e. The van der Waals surface area contributed by atoms with Crippen molar-refractivity contribution in [2.45, 2.75) is 38.5 Å². The van der Waals surface area contributed by atoms with E-state index in [0.29, 0.717) is 31.5 Å². The summed E-state index contributed by atoms with van der Waals surface area (Å²) < 4.78 is 49.7. The summed E-state index contributed by atoms with van der Waals surface area (Å²) in [6.07, 6.45) is -1.13. The molecule has 0 aliphatic rings. The molecule has 34 heavy (non-hydrogen) atoms. The van der Waals surface area contributed by atoms with E-state index in [4.69, 9.17) is 15.2 Å². The molecule has 3 N–H and O–H groups in total. The van der Waals surface area contributed by atoms with Crippen molar-refractivity contribution < 1.29 is 27.4 Å². The Kier molecular flexibility index (Phi) is 8.44. The van der Waals surface area contributed by atoms with Gasteiger partial charge < -0.3 is 25.1 Å². The fourth-order valence-corrected chi connectivity index (χ4v) is 3.81. The third-order valence-corrected chi connectivity index (χ3v) is 5.22. The maximum absolute atomic E-state index is 12.4. The number of primary amides is 1. The number of alkyl halides is 3. The highest BCUT2D eigenvalue weighted by molar-refractivity contribution is 6.05. The molecule has 2 aromatic carbocycles. The van der Waals surface area contributed by atoms with Gasteiger partial charge in [-0.1, -0.05) is 19.1 Å². The third-order valence-electron chi connectivity index (χ3n) is 5.22. The fraction of sp³-hybridized carbons (Fsp3) is 0.360. The number of hydrogen-bond acceptors (Lipinski definition) is 4. The van der Waals surface area contributed by atoms with Crippen molar-refractivity contribution in [1.29, 1.82) is 0 Å². The van der Waals surface area contributed by atoms with E-state index < -0.39 is 18.7 Å². The first-order valence-electron chi connectivity index (χ1n) is 11.0. The Hall–Kier alpha value is -3.20. The lowest BCUT2D eigenvalue weighted by Crippen LogP contribution is -2.32. The number of nitrogens with one attached hydrogen (secondary N) is 1. The van der Waals surface area contributed by atoms with Gasteiger partial charge in [0.25, 0.3) is 5.91 Å². The second kappa shape index (κ2) is 11.3. The normalized spacial score (nSPS) is 12.6. The molecule has 0 unspecified atom stereocenters. The number of nitrogens with zero attached hydrogens (tertiary/aromatic N) is 1. The van der Waals surface area contributed by atoms with E-state index in [-0.39, 0.29) is 24.1 Å². The van der Waals surface area contributed by atoms with Gasteiger partial charge in [0.2, 0.25) is 0 Å². The number of ether oxygens (including phenoxy) is 2. The van der Waals surface area contributed by atoms with Crippen LogP contribution in [0.2, 0.25) is 0 Å². The predicted octanol–water partition coefficient (Wildman–Crippen LogP) is 4.51. The summed E-state index contributed by atoms with van der Waals surface area (Å²) in [7, 11) is 0. The number of aryl methyl sites for hydroxylation is 1. The summed E-state index contributed by atoms with van der Waals surface area (Å²) in [6.45, 7) is 5.91. The first kappa shape index (κ1) is 25.4.